The normalized spacial score (nSPS) is 16.3. The quantitative estimate of drug-likeness (QED) is 0.282. The fourth-order valence-electron chi connectivity index (χ4n) is 2.75. The minimum Gasteiger partial charge on any atom is -0.488 e. The number of guanidine groups is 1. The van der Waals surface area contributed by atoms with Crippen molar-refractivity contribution in [2.24, 2.45) is 4.99 Å². The third-order valence-electron chi connectivity index (χ3n) is 3.73. The van der Waals surface area contributed by atoms with Crippen LogP contribution in [0.5, 0.6) is 11.5 Å². The molecule has 0 fully saturated rings. The summed E-state index contributed by atoms with van der Waals surface area (Å²) in [7, 11) is 3.43. The summed E-state index contributed by atoms with van der Waals surface area (Å²) < 4.78 is 17.0. The first kappa shape index (κ1) is 21.8. The predicted octanol–water partition coefficient (Wildman–Crippen LogP) is 2.60. The van der Waals surface area contributed by atoms with Crippen molar-refractivity contribution in [1.82, 2.24) is 10.6 Å². The maximum absolute atomic E-state index is 6.01. The second-order valence-electron chi connectivity index (χ2n) is 6.63. The minimum absolute atomic E-state index is 0. The number of halogens is 1. The van der Waals surface area contributed by atoms with Crippen LogP contribution in [0.2, 0.25) is 0 Å². The Kier molecular flexibility index (Phi) is 8.78. The lowest BCUT2D eigenvalue weighted by Gasteiger charge is -2.19. The van der Waals surface area contributed by atoms with E-state index in [1.165, 1.54) is 5.56 Å². The van der Waals surface area contributed by atoms with E-state index in [0.29, 0.717) is 19.8 Å². The molecule has 0 saturated heterocycles. The topological polar surface area (TPSA) is 64.1 Å². The highest BCUT2D eigenvalue weighted by molar-refractivity contribution is 14.0. The van der Waals surface area contributed by atoms with E-state index in [0.717, 1.165) is 23.9 Å². The monoisotopic (exact) mass is 463 g/mol. The number of fused-ring (bicyclic) bond motifs is 1. The van der Waals surface area contributed by atoms with Gasteiger partial charge in [0, 0.05) is 32.2 Å². The van der Waals surface area contributed by atoms with E-state index < -0.39 is 0 Å². The molecule has 0 saturated carbocycles. The molecular weight excluding hydrogens is 433 g/mol. The van der Waals surface area contributed by atoms with Gasteiger partial charge in [0.05, 0.1) is 13.2 Å². The van der Waals surface area contributed by atoms with E-state index >= 15 is 0 Å². The van der Waals surface area contributed by atoms with Gasteiger partial charge in [0.15, 0.2) is 17.5 Å². The predicted molar refractivity (Wildman–Crippen MR) is 112 cm³/mol. The number of methoxy groups -OCH3 is 1. The third-order valence-corrected chi connectivity index (χ3v) is 3.73. The van der Waals surface area contributed by atoms with Gasteiger partial charge in [-0.1, -0.05) is 12.1 Å². The van der Waals surface area contributed by atoms with Gasteiger partial charge in [-0.05, 0) is 26.8 Å². The number of hydrogen-bond acceptors (Lipinski definition) is 4. The summed E-state index contributed by atoms with van der Waals surface area (Å²) in [6.45, 7) is 8.02. The Morgan fingerprint density at radius 2 is 2.16 bits per heavy atom. The van der Waals surface area contributed by atoms with E-state index in [-0.39, 0.29) is 35.6 Å². The van der Waals surface area contributed by atoms with Gasteiger partial charge in [0.2, 0.25) is 0 Å². The Hall–Kier alpha value is -1.22. The molecule has 7 heteroatoms. The highest BCUT2D eigenvalue weighted by Crippen LogP contribution is 2.41. The smallest absolute Gasteiger partial charge is 0.191 e. The van der Waals surface area contributed by atoms with Crippen LogP contribution in [0, 0.1) is 0 Å². The number of hydrogen-bond donors (Lipinski definition) is 2. The number of benzene rings is 1. The van der Waals surface area contributed by atoms with Gasteiger partial charge in [0.1, 0.15) is 12.2 Å². The molecule has 1 aromatic rings. The molecule has 0 amide bonds. The summed E-state index contributed by atoms with van der Waals surface area (Å²) in [5.41, 5.74) is 1.04. The van der Waals surface area contributed by atoms with Crippen LogP contribution in [-0.4, -0.2) is 51.5 Å². The van der Waals surface area contributed by atoms with E-state index in [4.69, 9.17) is 14.2 Å². The van der Waals surface area contributed by atoms with Crippen molar-refractivity contribution in [3.8, 4) is 11.5 Å². The average Bonchev–Trinajstić information content (AvgIpc) is 2.85. The number of ether oxygens (including phenoxy) is 3. The Labute approximate surface area is 167 Å². The first-order valence-corrected chi connectivity index (χ1v) is 8.35. The van der Waals surface area contributed by atoms with Crippen LogP contribution in [0.3, 0.4) is 0 Å². The van der Waals surface area contributed by atoms with E-state index in [1.807, 2.05) is 19.1 Å². The molecule has 0 bridgehead atoms. The van der Waals surface area contributed by atoms with Crippen molar-refractivity contribution in [1.29, 1.82) is 0 Å². The van der Waals surface area contributed by atoms with Crippen molar-refractivity contribution >= 4 is 29.9 Å². The number of nitrogens with one attached hydrogen (secondary N) is 2. The lowest BCUT2D eigenvalue weighted by Crippen LogP contribution is -2.45. The third kappa shape index (κ3) is 6.54. The van der Waals surface area contributed by atoms with Crippen LogP contribution in [-0.2, 0) is 11.2 Å². The zero-order valence-corrected chi connectivity index (χ0v) is 18.0. The fraction of sp³-hybridized carbons (Fsp3) is 0.611. The molecule has 2 rings (SSSR count). The lowest BCUT2D eigenvalue weighted by molar-refractivity contribution is 0.132. The Morgan fingerprint density at radius 1 is 1.40 bits per heavy atom. The number of nitrogens with zero attached hydrogens (tertiary/aromatic N) is 1. The summed E-state index contributed by atoms with van der Waals surface area (Å²) >= 11 is 0. The molecule has 6 nitrogen and oxygen atoms in total. The molecule has 142 valence electrons. The van der Waals surface area contributed by atoms with Crippen LogP contribution >= 0.6 is 24.0 Å². The molecule has 1 atom stereocenters. The minimum atomic E-state index is -0.163. The standard InChI is InChI=1S/C18H29N3O3.HI/c1-13(12-22-5)21-17(19-4)20-9-10-23-15-8-6-7-14-11-18(2,3)24-16(14)15;/h6-8,13H,9-12H2,1-5H3,(H2,19,20,21);1H. The largest absolute Gasteiger partial charge is 0.488 e. The van der Waals surface area contributed by atoms with Crippen molar-refractivity contribution < 1.29 is 14.2 Å². The van der Waals surface area contributed by atoms with E-state index in [9.17, 15) is 0 Å². The SMILES string of the molecule is CN=C(NCCOc1cccc2c1OC(C)(C)C2)NC(C)COC.I. The summed E-state index contributed by atoms with van der Waals surface area (Å²) in [6, 6.07) is 6.25. The van der Waals surface area contributed by atoms with Crippen LogP contribution in [0.4, 0.5) is 0 Å². The Balaban J connectivity index is 0.00000312. The van der Waals surface area contributed by atoms with Gasteiger partial charge in [-0.15, -0.1) is 24.0 Å². The molecule has 1 aliphatic heterocycles. The van der Waals surface area contributed by atoms with Gasteiger partial charge in [-0.25, -0.2) is 0 Å². The molecule has 1 unspecified atom stereocenters. The summed E-state index contributed by atoms with van der Waals surface area (Å²) in [5.74, 6) is 2.41. The lowest BCUT2D eigenvalue weighted by atomic mass is 10.0. The Bertz CT molecular complexity index is 579. The van der Waals surface area contributed by atoms with Crippen LogP contribution in [0.15, 0.2) is 23.2 Å². The number of rotatable bonds is 7. The molecule has 0 aliphatic carbocycles. The average molecular weight is 463 g/mol. The van der Waals surface area contributed by atoms with Crippen LogP contribution < -0.4 is 20.1 Å². The van der Waals surface area contributed by atoms with E-state index in [2.05, 4.69) is 35.5 Å². The second kappa shape index (κ2) is 10.1. The number of para-hydroxylation sites is 1. The highest BCUT2D eigenvalue weighted by atomic mass is 127. The van der Waals surface area contributed by atoms with Gasteiger partial charge < -0.3 is 24.8 Å². The summed E-state index contributed by atoms with van der Waals surface area (Å²) in [6.07, 6.45) is 0.908. The zero-order valence-electron chi connectivity index (χ0n) is 15.7. The maximum Gasteiger partial charge on any atom is 0.191 e. The fourth-order valence-corrected chi connectivity index (χ4v) is 2.75. The van der Waals surface area contributed by atoms with Crippen LogP contribution in [0.25, 0.3) is 0 Å². The molecule has 1 aliphatic rings. The first-order valence-electron chi connectivity index (χ1n) is 8.35. The second-order valence-corrected chi connectivity index (χ2v) is 6.63. The molecule has 0 radical (unpaired) electrons. The molecular formula is C18H30IN3O3. The molecule has 0 aromatic heterocycles. The summed E-state index contributed by atoms with van der Waals surface area (Å²) in [4.78, 5) is 4.19. The van der Waals surface area contributed by atoms with E-state index in [1.54, 1.807) is 14.2 Å². The first-order chi connectivity index (χ1) is 11.4. The Morgan fingerprint density at radius 3 is 2.84 bits per heavy atom. The molecule has 0 spiro atoms. The highest BCUT2D eigenvalue weighted by Gasteiger charge is 2.32. The summed E-state index contributed by atoms with van der Waals surface area (Å²) in [5, 5.41) is 6.48. The van der Waals surface area contributed by atoms with Crippen molar-refractivity contribution in [3.05, 3.63) is 23.8 Å². The van der Waals surface area contributed by atoms with Crippen molar-refractivity contribution in [3.63, 3.8) is 0 Å². The number of aliphatic imine (C=N–C) groups is 1. The maximum atomic E-state index is 6.01. The molecule has 25 heavy (non-hydrogen) atoms. The van der Waals surface area contributed by atoms with Gasteiger partial charge in [-0.3, -0.25) is 4.99 Å². The van der Waals surface area contributed by atoms with Gasteiger partial charge >= 0.3 is 0 Å². The van der Waals surface area contributed by atoms with Gasteiger partial charge in [0.25, 0.3) is 0 Å². The van der Waals surface area contributed by atoms with Crippen molar-refractivity contribution in [2.45, 2.75) is 38.8 Å². The molecule has 1 heterocycles. The van der Waals surface area contributed by atoms with Crippen molar-refractivity contribution in [2.75, 3.05) is 33.9 Å². The molecule has 2 N–H and O–H groups in total. The zero-order chi connectivity index (χ0) is 17.6. The van der Waals surface area contributed by atoms with Gasteiger partial charge in [-0.2, -0.15) is 0 Å². The van der Waals surface area contributed by atoms with Crippen LogP contribution in [0.1, 0.15) is 26.3 Å². The molecule has 1 aromatic carbocycles.